The van der Waals surface area contributed by atoms with E-state index < -0.39 is 5.97 Å². The van der Waals surface area contributed by atoms with Crippen LogP contribution in [0.5, 0.6) is 0 Å². The lowest BCUT2D eigenvalue weighted by Gasteiger charge is -2.15. The van der Waals surface area contributed by atoms with Gasteiger partial charge in [0.15, 0.2) is 0 Å². The number of hydrogen-bond donors (Lipinski definition) is 2. The van der Waals surface area contributed by atoms with Gasteiger partial charge in [0.25, 0.3) is 5.91 Å². The fourth-order valence-corrected chi connectivity index (χ4v) is 2.35. The van der Waals surface area contributed by atoms with Crippen molar-refractivity contribution in [1.82, 2.24) is 9.88 Å². The Hall–Kier alpha value is -2.30. The van der Waals surface area contributed by atoms with Crippen molar-refractivity contribution in [2.45, 2.75) is 26.7 Å². The maximum Gasteiger partial charge on any atom is 0.303 e. The van der Waals surface area contributed by atoms with Gasteiger partial charge in [-0.1, -0.05) is 6.07 Å². The molecule has 112 valence electrons. The number of amides is 1. The zero-order valence-electron chi connectivity index (χ0n) is 12.6. The average molecular weight is 288 g/mol. The van der Waals surface area contributed by atoms with Crippen LogP contribution in [-0.4, -0.2) is 40.5 Å². The smallest absolute Gasteiger partial charge is 0.303 e. The standard InChI is InChI=1S/C16H20N2O3/c1-10-6-7-13-12(11(10)2)9-14(17-13)16(21)18(3)8-4-5-15(19)20/h6-7,9,17H,4-5,8H2,1-3H3,(H,19,20). The Bertz CT molecular complexity index is 688. The van der Waals surface area contributed by atoms with E-state index in [-0.39, 0.29) is 12.3 Å². The molecule has 0 fully saturated rings. The lowest BCUT2D eigenvalue weighted by Crippen LogP contribution is -2.28. The maximum atomic E-state index is 12.3. The molecule has 1 aromatic carbocycles. The zero-order valence-corrected chi connectivity index (χ0v) is 12.6. The van der Waals surface area contributed by atoms with Gasteiger partial charge >= 0.3 is 5.97 Å². The van der Waals surface area contributed by atoms with Crippen LogP contribution in [0.4, 0.5) is 0 Å². The Labute approximate surface area is 123 Å². The molecule has 2 N–H and O–H groups in total. The number of carbonyl (C=O) groups excluding carboxylic acids is 1. The van der Waals surface area contributed by atoms with Gasteiger partial charge in [-0.2, -0.15) is 0 Å². The summed E-state index contributed by atoms with van der Waals surface area (Å²) in [4.78, 5) is 27.5. The van der Waals surface area contributed by atoms with Crippen LogP contribution in [-0.2, 0) is 4.79 Å². The predicted octanol–water partition coefficient (Wildman–Crippen LogP) is 2.72. The van der Waals surface area contributed by atoms with Crippen molar-refractivity contribution >= 4 is 22.8 Å². The van der Waals surface area contributed by atoms with Crippen LogP contribution < -0.4 is 0 Å². The zero-order chi connectivity index (χ0) is 15.6. The highest BCUT2D eigenvalue weighted by Crippen LogP contribution is 2.22. The maximum absolute atomic E-state index is 12.3. The van der Waals surface area contributed by atoms with E-state index in [9.17, 15) is 9.59 Å². The van der Waals surface area contributed by atoms with Crippen molar-refractivity contribution in [3.8, 4) is 0 Å². The van der Waals surface area contributed by atoms with Gasteiger partial charge in [0.1, 0.15) is 5.69 Å². The van der Waals surface area contributed by atoms with Crippen LogP contribution >= 0.6 is 0 Å². The summed E-state index contributed by atoms with van der Waals surface area (Å²) in [6, 6.07) is 5.87. The molecule has 1 heterocycles. The second-order valence-corrected chi connectivity index (χ2v) is 5.38. The number of carboxylic acid groups (broad SMARTS) is 1. The number of H-pyrrole nitrogens is 1. The number of aliphatic carboxylic acids is 1. The summed E-state index contributed by atoms with van der Waals surface area (Å²) in [6.45, 7) is 4.51. The molecular weight excluding hydrogens is 268 g/mol. The number of carbonyl (C=O) groups is 2. The van der Waals surface area contributed by atoms with Crippen LogP contribution in [0.15, 0.2) is 18.2 Å². The van der Waals surface area contributed by atoms with Gasteiger partial charge in [0, 0.05) is 30.9 Å². The number of aryl methyl sites for hydroxylation is 2. The largest absolute Gasteiger partial charge is 0.481 e. The van der Waals surface area contributed by atoms with Crippen molar-refractivity contribution in [2.75, 3.05) is 13.6 Å². The SMILES string of the molecule is Cc1ccc2[nH]c(C(=O)N(C)CCCC(=O)O)cc2c1C. The summed E-state index contributed by atoms with van der Waals surface area (Å²) < 4.78 is 0. The molecule has 1 aromatic heterocycles. The molecule has 0 saturated heterocycles. The quantitative estimate of drug-likeness (QED) is 0.888. The van der Waals surface area contributed by atoms with E-state index in [2.05, 4.69) is 4.98 Å². The van der Waals surface area contributed by atoms with Gasteiger partial charge in [-0.25, -0.2) is 0 Å². The number of aromatic amines is 1. The number of carboxylic acids is 1. The minimum atomic E-state index is -0.840. The first-order valence-corrected chi connectivity index (χ1v) is 6.96. The number of aromatic nitrogens is 1. The van der Waals surface area contributed by atoms with Crippen LogP contribution in [0.2, 0.25) is 0 Å². The summed E-state index contributed by atoms with van der Waals surface area (Å²) in [5, 5.41) is 9.68. The molecule has 0 atom stereocenters. The normalized spacial score (nSPS) is 10.8. The van der Waals surface area contributed by atoms with Gasteiger partial charge in [-0.05, 0) is 43.5 Å². The topological polar surface area (TPSA) is 73.4 Å². The van der Waals surface area contributed by atoms with E-state index in [1.54, 1.807) is 11.9 Å². The molecule has 0 saturated carbocycles. The van der Waals surface area contributed by atoms with Crippen molar-refractivity contribution < 1.29 is 14.7 Å². The van der Waals surface area contributed by atoms with Crippen molar-refractivity contribution in [3.63, 3.8) is 0 Å². The van der Waals surface area contributed by atoms with E-state index in [0.29, 0.717) is 18.7 Å². The summed E-state index contributed by atoms with van der Waals surface area (Å²) in [5.74, 6) is -0.957. The minimum absolute atomic E-state index is 0.0720. The molecule has 1 amide bonds. The molecule has 0 aliphatic rings. The Morgan fingerprint density at radius 3 is 2.67 bits per heavy atom. The third kappa shape index (κ3) is 3.24. The summed E-state index contributed by atoms with van der Waals surface area (Å²) in [7, 11) is 1.69. The van der Waals surface area contributed by atoms with E-state index in [1.807, 2.05) is 32.0 Å². The molecule has 2 rings (SSSR count). The van der Waals surface area contributed by atoms with Gasteiger partial charge in [0.05, 0.1) is 0 Å². The predicted molar refractivity (Wildman–Crippen MR) is 81.6 cm³/mol. The summed E-state index contributed by atoms with van der Waals surface area (Å²) >= 11 is 0. The highest BCUT2D eigenvalue weighted by molar-refractivity contribution is 5.99. The molecule has 0 unspecified atom stereocenters. The first kappa shape index (κ1) is 15.1. The summed E-state index contributed by atoms with van der Waals surface area (Å²) in [5.41, 5.74) is 3.84. The summed E-state index contributed by atoms with van der Waals surface area (Å²) in [6.07, 6.45) is 0.526. The first-order valence-electron chi connectivity index (χ1n) is 6.96. The third-order valence-corrected chi connectivity index (χ3v) is 3.80. The van der Waals surface area contributed by atoms with Crippen molar-refractivity contribution in [2.24, 2.45) is 0 Å². The number of benzene rings is 1. The molecule has 0 aliphatic heterocycles. The monoisotopic (exact) mass is 288 g/mol. The number of nitrogens with one attached hydrogen (secondary N) is 1. The van der Waals surface area contributed by atoms with Crippen LogP contribution in [0.3, 0.4) is 0 Å². The van der Waals surface area contributed by atoms with Crippen LogP contribution in [0.1, 0.15) is 34.5 Å². The molecule has 0 aliphatic carbocycles. The second-order valence-electron chi connectivity index (χ2n) is 5.38. The first-order chi connectivity index (χ1) is 9.90. The van der Waals surface area contributed by atoms with Crippen molar-refractivity contribution in [1.29, 1.82) is 0 Å². The lowest BCUT2D eigenvalue weighted by molar-refractivity contribution is -0.137. The van der Waals surface area contributed by atoms with Gasteiger partial charge in [0.2, 0.25) is 0 Å². The fraction of sp³-hybridized carbons (Fsp3) is 0.375. The van der Waals surface area contributed by atoms with Gasteiger partial charge in [-0.15, -0.1) is 0 Å². The van der Waals surface area contributed by atoms with E-state index in [1.165, 1.54) is 5.56 Å². The molecule has 0 spiro atoms. The molecule has 21 heavy (non-hydrogen) atoms. The average Bonchev–Trinajstić information content (AvgIpc) is 2.86. The Morgan fingerprint density at radius 2 is 2.00 bits per heavy atom. The minimum Gasteiger partial charge on any atom is -0.481 e. The number of rotatable bonds is 5. The van der Waals surface area contributed by atoms with Crippen molar-refractivity contribution in [3.05, 3.63) is 35.0 Å². The molecule has 0 radical (unpaired) electrons. The molecule has 5 nitrogen and oxygen atoms in total. The van der Waals surface area contributed by atoms with Crippen LogP contribution in [0, 0.1) is 13.8 Å². The highest BCUT2D eigenvalue weighted by Gasteiger charge is 2.15. The molecule has 2 aromatic rings. The Balaban J connectivity index is 2.16. The Morgan fingerprint density at radius 1 is 1.29 bits per heavy atom. The van der Waals surface area contributed by atoms with E-state index in [4.69, 9.17) is 5.11 Å². The van der Waals surface area contributed by atoms with Crippen LogP contribution in [0.25, 0.3) is 10.9 Å². The molecule has 0 bridgehead atoms. The highest BCUT2D eigenvalue weighted by atomic mass is 16.4. The van der Waals surface area contributed by atoms with E-state index in [0.717, 1.165) is 16.5 Å². The Kier molecular flexibility index (Phi) is 4.31. The van der Waals surface area contributed by atoms with Gasteiger partial charge < -0.3 is 15.0 Å². The van der Waals surface area contributed by atoms with E-state index >= 15 is 0 Å². The van der Waals surface area contributed by atoms with Gasteiger partial charge in [-0.3, -0.25) is 9.59 Å². The number of hydrogen-bond acceptors (Lipinski definition) is 2. The molecule has 5 heteroatoms. The lowest BCUT2D eigenvalue weighted by atomic mass is 10.1. The fourth-order valence-electron chi connectivity index (χ4n) is 2.35. The number of fused-ring (bicyclic) bond motifs is 1. The third-order valence-electron chi connectivity index (χ3n) is 3.80. The number of nitrogens with zero attached hydrogens (tertiary/aromatic N) is 1. The molecular formula is C16H20N2O3. The second kappa shape index (κ2) is 5.99.